The van der Waals surface area contributed by atoms with Gasteiger partial charge in [-0.05, 0) is 69.4 Å². The van der Waals surface area contributed by atoms with Gasteiger partial charge in [-0.2, -0.15) is 4.58 Å². The molecule has 1 unspecified atom stereocenters. The summed E-state index contributed by atoms with van der Waals surface area (Å²) in [6.07, 6.45) is 12.0. The second-order valence-corrected chi connectivity index (χ2v) is 11.9. The third-order valence-electron chi connectivity index (χ3n) is 8.83. The van der Waals surface area contributed by atoms with Crippen molar-refractivity contribution in [1.29, 1.82) is 0 Å². The van der Waals surface area contributed by atoms with Gasteiger partial charge in [-0.15, -0.1) is 0 Å². The molecule has 2 aliphatic heterocycles. The van der Waals surface area contributed by atoms with Crippen LogP contribution >= 0.6 is 0 Å². The SMILES string of the molecule is CCN1/C(=C/C=C2C=C(/C=C/C3=[N+](CC)c4ccccc4C3(C)C)CC(C(=O)O)C/2)C(C)(C)c2ccccc21.[I-]. The molecule has 3 aliphatic rings. The molecule has 0 bridgehead atoms. The fourth-order valence-corrected chi connectivity index (χ4v) is 6.74. The van der Waals surface area contributed by atoms with Crippen LogP contribution in [0.1, 0.15) is 65.5 Å². The van der Waals surface area contributed by atoms with E-state index in [1.807, 2.05) is 0 Å². The molecule has 1 atom stereocenters. The highest BCUT2D eigenvalue weighted by molar-refractivity contribution is 6.03. The summed E-state index contributed by atoms with van der Waals surface area (Å²) in [7, 11) is 0. The van der Waals surface area contributed by atoms with Crippen molar-refractivity contribution in [2.45, 2.75) is 65.2 Å². The Hall–Kier alpha value is -2.93. The second-order valence-electron chi connectivity index (χ2n) is 11.9. The lowest BCUT2D eigenvalue weighted by molar-refractivity contribution is -0.433. The van der Waals surface area contributed by atoms with Crippen LogP contribution in [0.4, 0.5) is 11.4 Å². The molecule has 0 spiro atoms. The highest BCUT2D eigenvalue weighted by atomic mass is 127. The van der Waals surface area contributed by atoms with Crippen molar-refractivity contribution in [2.24, 2.45) is 5.92 Å². The van der Waals surface area contributed by atoms with Gasteiger partial charge >= 0.3 is 5.97 Å². The number of likely N-dealkylation sites (N-methyl/N-ethyl adjacent to an activating group) is 1. The topological polar surface area (TPSA) is 43.5 Å². The number of allylic oxidation sites excluding steroid dienone is 8. The van der Waals surface area contributed by atoms with Crippen LogP contribution in [-0.2, 0) is 15.6 Å². The first-order chi connectivity index (χ1) is 18.6. The molecule has 0 radical (unpaired) electrons. The van der Waals surface area contributed by atoms with Crippen molar-refractivity contribution in [2.75, 3.05) is 18.0 Å². The zero-order valence-corrected chi connectivity index (χ0v) is 26.7. The monoisotopic (exact) mass is 648 g/mol. The minimum atomic E-state index is -0.729. The maximum absolute atomic E-state index is 12.2. The van der Waals surface area contributed by atoms with Gasteiger partial charge in [0.1, 0.15) is 6.54 Å². The summed E-state index contributed by atoms with van der Waals surface area (Å²) in [6, 6.07) is 17.2. The average molecular weight is 649 g/mol. The predicted molar refractivity (Wildman–Crippen MR) is 161 cm³/mol. The number of halogens is 1. The minimum absolute atomic E-state index is 0. The summed E-state index contributed by atoms with van der Waals surface area (Å²) in [5.74, 6) is -1.15. The number of carboxylic acids is 1. The normalized spacial score (nSPS) is 22.9. The van der Waals surface area contributed by atoms with Gasteiger partial charge in [-0.25, -0.2) is 0 Å². The largest absolute Gasteiger partial charge is 1.00 e. The lowest BCUT2D eigenvalue weighted by Crippen LogP contribution is -3.00. The smallest absolute Gasteiger partial charge is 0.307 e. The third-order valence-corrected chi connectivity index (χ3v) is 8.83. The number of carbonyl (C=O) groups is 1. The van der Waals surface area contributed by atoms with Crippen LogP contribution in [0.5, 0.6) is 0 Å². The van der Waals surface area contributed by atoms with Crippen molar-refractivity contribution in [3.05, 3.63) is 107 Å². The van der Waals surface area contributed by atoms with Gasteiger partial charge < -0.3 is 34.0 Å². The zero-order valence-electron chi connectivity index (χ0n) is 24.5. The molecule has 0 fully saturated rings. The van der Waals surface area contributed by atoms with Crippen LogP contribution in [-0.4, -0.2) is 34.5 Å². The molecule has 1 aliphatic carbocycles. The highest BCUT2D eigenvalue weighted by Crippen LogP contribution is 2.47. The van der Waals surface area contributed by atoms with E-state index in [1.54, 1.807) is 0 Å². The maximum Gasteiger partial charge on any atom is 0.307 e. The lowest BCUT2D eigenvalue weighted by atomic mass is 9.80. The van der Waals surface area contributed by atoms with Crippen LogP contribution < -0.4 is 28.9 Å². The Morgan fingerprint density at radius 3 is 2.30 bits per heavy atom. The zero-order chi connectivity index (χ0) is 27.9. The molecule has 4 nitrogen and oxygen atoms in total. The molecule has 0 saturated heterocycles. The van der Waals surface area contributed by atoms with E-state index in [0.717, 1.165) is 24.2 Å². The van der Waals surface area contributed by atoms with E-state index in [2.05, 4.69) is 130 Å². The number of hydrogen-bond donors (Lipinski definition) is 1. The van der Waals surface area contributed by atoms with Crippen LogP contribution in [0.2, 0.25) is 0 Å². The molecule has 0 aromatic heterocycles. The summed E-state index contributed by atoms with van der Waals surface area (Å²) in [5, 5.41) is 9.98. The highest BCUT2D eigenvalue weighted by Gasteiger charge is 2.43. The first-order valence-corrected chi connectivity index (χ1v) is 14.2. The van der Waals surface area contributed by atoms with Crippen molar-refractivity contribution in [3.8, 4) is 0 Å². The molecular weight excluding hydrogens is 607 g/mol. The number of hydrogen-bond acceptors (Lipinski definition) is 2. The Balaban J connectivity index is 0.00000370. The average Bonchev–Trinajstić information content (AvgIpc) is 3.28. The first kappa shape index (κ1) is 30.0. The lowest BCUT2D eigenvalue weighted by Gasteiger charge is -2.26. The molecule has 1 N–H and O–H groups in total. The van der Waals surface area contributed by atoms with Crippen LogP contribution in [0.3, 0.4) is 0 Å². The van der Waals surface area contributed by atoms with E-state index < -0.39 is 11.9 Å². The number of aliphatic carboxylic acids is 1. The quantitative estimate of drug-likeness (QED) is 0.366. The van der Waals surface area contributed by atoms with Crippen molar-refractivity contribution >= 4 is 23.1 Å². The molecule has 0 amide bonds. The minimum Gasteiger partial charge on any atom is -1.00 e. The Labute approximate surface area is 256 Å². The van der Waals surface area contributed by atoms with Crippen LogP contribution in [0.25, 0.3) is 0 Å². The number of carboxylic acid groups (broad SMARTS) is 1. The predicted octanol–water partition coefficient (Wildman–Crippen LogP) is 4.69. The first-order valence-electron chi connectivity index (χ1n) is 14.2. The molecule has 210 valence electrons. The number of fused-ring (bicyclic) bond motifs is 2. The van der Waals surface area contributed by atoms with Crippen molar-refractivity contribution in [1.82, 2.24) is 0 Å². The summed E-state index contributed by atoms with van der Waals surface area (Å²) in [6.45, 7) is 15.2. The number of nitrogens with zero attached hydrogens (tertiary/aromatic N) is 2. The number of anilines is 1. The summed E-state index contributed by atoms with van der Waals surface area (Å²) < 4.78 is 2.38. The maximum atomic E-state index is 12.2. The summed E-state index contributed by atoms with van der Waals surface area (Å²) in [5.41, 5.74) is 9.60. The Kier molecular flexibility index (Phi) is 8.65. The van der Waals surface area contributed by atoms with Gasteiger partial charge in [0.15, 0.2) is 5.71 Å². The van der Waals surface area contributed by atoms with E-state index in [4.69, 9.17) is 0 Å². The van der Waals surface area contributed by atoms with Gasteiger partial charge in [0.2, 0.25) is 5.69 Å². The molecule has 40 heavy (non-hydrogen) atoms. The van der Waals surface area contributed by atoms with E-state index >= 15 is 0 Å². The van der Waals surface area contributed by atoms with Crippen LogP contribution in [0, 0.1) is 5.92 Å². The Morgan fingerprint density at radius 2 is 1.62 bits per heavy atom. The third kappa shape index (κ3) is 5.13. The molecule has 5 heteroatoms. The summed E-state index contributed by atoms with van der Waals surface area (Å²) >= 11 is 0. The Morgan fingerprint density at radius 1 is 0.950 bits per heavy atom. The number of benzene rings is 2. The molecule has 2 aromatic carbocycles. The molecule has 5 rings (SSSR count). The molecule has 0 saturated carbocycles. The standard InChI is InChI=1S/C35H40N2O2.HI/c1-7-36-29-15-11-9-13-27(29)34(3,4)31(36)19-17-24-21-25(23-26(22-24)33(38)39)18-20-32-35(5,6)28-14-10-12-16-30(28)37(32)8-2;/h9-21,26H,7-8,22-23H2,1-6H3;1H. The van der Waals surface area contributed by atoms with Crippen molar-refractivity contribution in [3.63, 3.8) is 0 Å². The van der Waals surface area contributed by atoms with Gasteiger partial charge in [0.05, 0.1) is 11.3 Å². The summed E-state index contributed by atoms with van der Waals surface area (Å²) in [4.78, 5) is 14.5. The van der Waals surface area contributed by atoms with Crippen molar-refractivity contribution < 1.29 is 38.5 Å². The fraction of sp³-hybridized carbons (Fsp3) is 0.371. The van der Waals surface area contributed by atoms with E-state index in [9.17, 15) is 9.90 Å². The van der Waals surface area contributed by atoms with Gasteiger partial charge in [0, 0.05) is 41.1 Å². The molecular formula is C35H41IN2O2. The fourth-order valence-electron chi connectivity index (χ4n) is 6.74. The van der Waals surface area contributed by atoms with E-state index in [0.29, 0.717) is 12.8 Å². The van der Waals surface area contributed by atoms with Crippen LogP contribution in [0.15, 0.2) is 95.8 Å². The number of rotatable bonds is 6. The Bertz CT molecular complexity index is 1470. The molecule has 2 aromatic rings. The molecule has 2 heterocycles. The van der Waals surface area contributed by atoms with E-state index in [1.165, 1.54) is 33.9 Å². The second kappa shape index (κ2) is 11.5. The van der Waals surface area contributed by atoms with Gasteiger partial charge in [0.25, 0.3) is 0 Å². The van der Waals surface area contributed by atoms with E-state index in [-0.39, 0.29) is 34.8 Å². The van der Waals surface area contributed by atoms with Gasteiger partial charge in [-0.1, -0.05) is 68.5 Å². The number of para-hydroxylation sites is 2. The van der Waals surface area contributed by atoms with Gasteiger partial charge in [-0.3, -0.25) is 4.79 Å².